The normalized spacial score (nSPS) is 12.9. The minimum atomic E-state index is -5.25. The summed E-state index contributed by atoms with van der Waals surface area (Å²) < 4.78 is 76.1. The second kappa shape index (κ2) is 3.28. The molecule has 8 heteroatoms. The van der Waals surface area contributed by atoms with Crippen LogP contribution in [0.15, 0.2) is 21.5 Å². The Morgan fingerprint density at radius 3 is 1.80 bits per heavy atom. The van der Waals surface area contributed by atoms with Crippen LogP contribution in [0.25, 0.3) is 0 Å². The van der Waals surface area contributed by atoms with Gasteiger partial charge in [-0.05, 0) is 0 Å². The van der Waals surface area contributed by atoms with Crippen molar-refractivity contribution in [2.75, 3.05) is 0 Å². The van der Waals surface area contributed by atoms with Gasteiger partial charge in [-0.15, -0.1) is 0 Å². The molecule has 0 atom stereocenters. The quantitative estimate of drug-likeness (QED) is 0.643. The molecule has 1 heterocycles. The zero-order chi connectivity index (χ0) is 11.9. The molecule has 0 aliphatic carbocycles. The number of hydrogen-bond donors (Lipinski definition) is 0. The SMILES string of the molecule is O=c1cc(C(F)(F)F)c(C(F)(F)F)co1. The van der Waals surface area contributed by atoms with Gasteiger partial charge in [0.2, 0.25) is 0 Å². The van der Waals surface area contributed by atoms with Crippen molar-refractivity contribution in [1.29, 1.82) is 0 Å². The molecule has 0 fully saturated rings. The minimum Gasteiger partial charge on any atom is -0.431 e. The predicted octanol–water partition coefficient (Wildman–Crippen LogP) is 2.68. The lowest BCUT2D eigenvalue weighted by atomic mass is 10.1. The first-order valence-electron chi connectivity index (χ1n) is 3.39. The van der Waals surface area contributed by atoms with Crippen LogP contribution < -0.4 is 5.63 Å². The topological polar surface area (TPSA) is 30.2 Å². The van der Waals surface area contributed by atoms with Crippen LogP contribution in [0.2, 0.25) is 0 Å². The van der Waals surface area contributed by atoms with Crippen LogP contribution in [0.1, 0.15) is 11.1 Å². The van der Waals surface area contributed by atoms with Crippen molar-refractivity contribution in [3.05, 3.63) is 33.9 Å². The molecule has 0 spiro atoms. The summed E-state index contributed by atoms with van der Waals surface area (Å²) in [5.41, 5.74) is -5.56. The van der Waals surface area contributed by atoms with Crippen LogP contribution in [0, 0.1) is 0 Å². The van der Waals surface area contributed by atoms with Gasteiger partial charge in [-0.2, -0.15) is 26.3 Å². The van der Waals surface area contributed by atoms with Crippen molar-refractivity contribution in [3.63, 3.8) is 0 Å². The van der Waals surface area contributed by atoms with E-state index < -0.39 is 29.1 Å². The monoisotopic (exact) mass is 232 g/mol. The van der Waals surface area contributed by atoms with E-state index in [1.165, 1.54) is 0 Å². The van der Waals surface area contributed by atoms with E-state index in [4.69, 9.17) is 0 Å². The summed E-state index contributed by atoms with van der Waals surface area (Å²) in [6, 6.07) is -0.233. The van der Waals surface area contributed by atoms with Crippen LogP contribution in [-0.2, 0) is 12.4 Å². The molecule has 0 unspecified atom stereocenters. The third-order valence-corrected chi connectivity index (χ3v) is 1.46. The van der Waals surface area contributed by atoms with Crippen molar-refractivity contribution < 1.29 is 30.8 Å². The van der Waals surface area contributed by atoms with Gasteiger partial charge in [-0.3, -0.25) is 0 Å². The van der Waals surface area contributed by atoms with Gasteiger partial charge in [0, 0.05) is 6.07 Å². The summed E-state index contributed by atoms with van der Waals surface area (Å²) in [5, 5.41) is 0. The lowest BCUT2D eigenvalue weighted by molar-refractivity contribution is -0.163. The predicted molar refractivity (Wildman–Crippen MR) is 35.0 cm³/mol. The van der Waals surface area contributed by atoms with Crippen LogP contribution in [0.3, 0.4) is 0 Å². The van der Waals surface area contributed by atoms with E-state index in [0.717, 1.165) is 0 Å². The molecule has 0 aliphatic heterocycles. The Morgan fingerprint density at radius 2 is 1.40 bits per heavy atom. The van der Waals surface area contributed by atoms with Gasteiger partial charge in [0.05, 0.1) is 5.56 Å². The first kappa shape index (κ1) is 11.6. The number of hydrogen-bond acceptors (Lipinski definition) is 2. The number of alkyl halides is 6. The van der Waals surface area contributed by atoms with Crippen molar-refractivity contribution in [2.24, 2.45) is 0 Å². The molecular weight excluding hydrogens is 230 g/mol. The van der Waals surface area contributed by atoms with Crippen molar-refractivity contribution in [1.82, 2.24) is 0 Å². The maximum Gasteiger partial charge on any atom is 0.419 e. The smallest absolute Gasteiger partial charge is 0.419 e. The maximum absolute atomic E-state index is 12.1. The van der Waals surface area contributed by atoms with Gasteiger partial charge >= 0.3 is 18.0 Å². The zero-order valence-electron chi connectivity index (χ0n) is 6.74. The summed E-state index contributed by atoms with van der Waals surface area (Å²) in [6.45, 7) is 0. The molecule has 0 saturated carbocycles. The highest BCUT2D eigenvalue weighted by atomic mass is 19.4. The van der Waals surface area contributed by atoms with E-state index in [2.05, 4.69) is 4.42 Å². The third-order valence-electron chi connectivity index (χ3n) is 1.46. The molecule has 1 aromatic heterocycles. The summed E-state index contributed by atoms with van der Waals surface area (Å²) in [7, 11) is 0. The van der Waals surface area contributed by atoms with E-state index in [0.29, 0.717) is 0 Å². The van der Waals surface area contributed by atoms with Gasteiger partial charge in [0.15, 0.2) is 0 Å². The Morgan fingerprint density at radius 1 is 0.933 bits per heavy atom. The van der Waals surface area contributed by atoms with Crippen LogP contribution in [0.4, 0.5) is 26.3 Å². The van der Waals surface area contributed by atoms with Crippen molar-refractivity contribution in [2.45, 2.75) is 12.4 Å². The molecule has 0 bridgehead atoms. The molecule has 0 aromatic carbocycles. The Bertz CT molecular complexity index is 413. The van der Waals surface area contributed by atoms with Gasteiger partial charge in [0.25, 0.3) is 0 Å². The molecule has 15 heavy (non-hydrogen) atoms. The molecule has 0 radical (unpaired) electrons. The second-order valence-corrected chi connectivity index (χ2v) is 2.52. The fourth-order valence-corrected chi connectivity index (χ4v) is 0.864. The Kier molecular flexibility index (Phi) is 2.54. The number of rotatable bonds is 0. The average Bonchev–Trinajstić information content (AvgIpc) is 2.00. The summed E-state index contributed by atoms with van der Waals surface area (Å²) in [5.74, 6) is 0. The first-order chi connectivity index (χ1) is 6.62. The summed E-state index contributed by atoms with van der Waals surface area (Å²) >= 11 is 0. The maximum atomic E-state index is 12.1. The number of halogens is 6. The van der Waals surface area contributed by atoms with Crippen molar-refractivity contribution >= 4 is 0 Å². The van der Waals surface area contributed by atoms with Gasteiger partial charge in [-0.25, -0.2) is 4.79 Å². The molecule has 2 nitrogen and oxygen atoms in total. The lowest BCUT2D eigenvalue weighted by Gasteiger charge is -2.13. The first-order valence-corrected chi connectivity index (χ1v) is 3.39. The summed E-state index contributed by atoms with van der Waals surface area (Å²) in [6.07, 6.45) is -10.7. The zero-order valence-corrected chi connectivity index (χ0v) is 6.74. The highest BCUT2D eigenvalue weighted by Gasteiger charge is 2.44. The second-order valence-electron chi connectivity index (χ2n) is 2.52. The van der Waals surface area contributed by atoms with Crippen LogP contribution >= 0.6 is 0 Å². The Labute approximate surface area is 78.1 Å². The lowest BCUT2D eigenvalue weighted by Crippen LogP contribution is -2.19. The standard InChI is InChI=1S/C7H2F6O2/c8-6(9,10)3-1-5(14)15-2-4(3)7(11,12)13/h1-2H. The fourth-order valence-electron chi connectivity index (χ4n) is 0.864. The van der Waals surface area contributed by atoms with Crippen LogP contribution in [0.5, 0.6) is 0 Å². The molecule has 84 valence electrons. The molecule has 0 N–H and O–H groups in total. The van der Waals surface area contributed by atoms with E-state index in [-0.39, 0.29) is 12.3 Å². The van der Waals surface area contributed by atoms with Gasteiger partial charge in [0.1, 0.15) is 11.8 Å². The third kappa shape index (κ3) is 2.51. The molecule has 1 rings (SSSR count). The highest BCUT2D eigenvalue weighted by Crippen LogP contribution is 2.39. The average molecular weight is 232 g/mol. The summed E-state index contributed by atoms with van der Waals surface area (Å²) in [4.78, 5) is 10.4. The minimum absolute atomic E-state index is 0.233. The Balaban J connectivity index is 3.48. The van der Waals surface area contributed by atoms with Crippen LogP contribution in [-0.4, -0.2) is 0 Å². The highest BCUT2D eigenvalue weighted by molar-refractivity contribution is 5.27. The fraction of sp³-hybridized carbons (Fsp3) is 0.286. The van der Waals surface area contributed by atoms with Crippen molar-refractivity contribution in [3.8, 4) is 0 Å². The van der Waals surface area contributed by atoms with Gasteiger partial charge < -0.3 is 4.42 Å². The Hall–Kier alpha value is -1.47. The molecule has 0 saturated heterocycles. The molecule has 0 amide bonds. The molecule has 0 aliphatic rings. The van der Waals surface area contributed by atoms with E-state index in [9.17, 15) is 31.1 Å². The van der Waals surface area contributed by atoms with E-state index >= 15 is 0 Å². The van der Waals surface area contributed by atoms with Gasteiger partial charge in [-0.1, -0.05) is 0 Å². The van der Waals surface area contributed by atoms with E-state index in [1.807, 2.05) is 0 Å². The van der Waals surface area contributed by atoms with E-state index in [1.54, 1.807) is 0 Å². The molecular formula is C7H2F6O2. The largest absolute Gasteiger partial charge is 0.431 e. The molecule has 1 aromatic rings.